The Hall–Kier alpha value is -2.24. The van der Waals surface area contributed by atoms with Crippen molar-refractivity contribution in [3.8, 4) is 0 Å². The topological polar surface area (TPSA) is 61.7 Å². The van der Waals surface area contributed by atoms with Gasteiger partial charge in [0.2, 0.25) is 6.41 Å². The van der Waals surface area contributed by atoms with Crippen LogP contribution in [0.4, 0.5) is 8.78 Å². The minimum Gasteiger partial charge on any atom is -0.513 e. The number of hydrogen-bond donors (Lipinski definition) is 2. The van der Waals surface area contributed by atoms with Crippen molar-refractivity contribution < 1.29 is 18.7 Å². The van der Waals surface area contributed by atoms with E-state index < -0.39 is 11.6 Å². The van der Waals surface area contributed by atoms with Gasteiger partial charge in [0.25, 0.3) is 0 Å². The van der Waals surface area contributed by atoms with Crippen LogP contribution in [-0.4, -0.2) is 17.2 Å². The summed E-state index contributed by atoms with van der Waals surface area (Å²) in [7, 11) is 0. The van der Waals surface area contributed by atoms with Gasteiger partial charge in [0.15, 0.2) is 0 Å². The van der Waals surface area contributed by atoms with Crippen LogP contribution in [-0.2, 0) is 11.2 Å². The molecule has 4 nitrogen and oxygen atoms in total. The van der Waals surface area contributed by atoms with Gasteiger partial charge in [-0.1, -0.05) is 6.07 Å². The molecule has 0 spiro atoms. The zero-order chi connectivity index (χ0) is 14.3. The summed E-state index contributed by atoms with van der Waals surface area (Å²) < 4.78 is 26.8. The number of hydrazone groups is 1. The Morgan fingerprint density at radius 2 is 2.05 bits per heavy atom. The Labute approximate surface area is 109 Å². The lowest BCUT2D eigenvalue weighted by molar-refractivity contribution is -0.109. The van der Waals surface area contributed by atoms with E-state index in [4.69, 9.17) is 5.11 Å². The number of aliphatic hydroxyl groups excluding tert-OH is 1. The number of carbonyl (C=O) groups is 1. The van der Waals surface area contributed by atoms with E-state index in [0.29, 0.717) is 12.1 Å². The highest BCUT2D eigenvalue weighted by atomic mass is 19.1. The lowest BCUT2D eigenvalue weighted by Crippen LogP contribution is -2.09. The molecule has 1 aromatic rings. The van der Waals surface area contributed by atoms with E-state index >= 15 is 0 Å². The molecule has 102 valence electrons. The largest absolute Gasteiger partial charge is 0.513 e. The normalized spacial score (nSPS) is 12.4. The second-order valence-electron chi connectivity index (χ2n) is 3.84. The Morgan fingerprint density at radius 1 is 1.42 bits per heavy atom. The summed E-state index contributed by atoms with van der Waals surface area (Å²) in [5.74, 6) is -1.28. The molecule has 0 radical (unpaired) electrons. The number of allylic oxidation sites excluding steroid dienone is 2. The maximum Gasteiger partial charge on any atom is 0.227 e. The molecule has 19 heavy (non-hydrogen) atoms. The van der Waals surface area contributed by atoms with Crippen LogP contribution in [0, 0.1) is 11.6 Å². The molecular formula is C13H14F2N2O2. The van der Waals surface area contributed by atoms with E-state index in [1.54, 1.807) is 0 Å². The average molecular weight is 268 g/mol. The van der Waals surface area contributed by atoms with Crippen LogP contribution in [0.15, 0.2) is 35.1 Å². The van der Waals surface area contributed by atoms with Crippen LogP contribution in [0.25, 0.3) is 0 Å². The molecule has 0 atom stereocenters. The van der Waals surface area contributed by atoms with Crippen molar-refractivity contribution in [1.82, 2.24) is 5.43 Å². The van der Waals surface area contributed by atoms with Crippen LogP contribution in [0.1, 0.15) is 18.9 Å². The number of nitrogens with one attached hydrogen (secondary N) is 1. The average Bonchev–Trinajstić information content (AvgIpc) is 2.34. The first-order valence-corrected chi connectivity index (χ1v) is 5.60. The predicted molar refractivity (Wildman–Crippen MR) is 67.7 cm³/mol. The molecule has 1 aromatic carbocycles. The molecular weight excluding hydrogens is 254 g/mol. The van der Waals surface area contributed by atoms with E-state index in [1.807, 2.05) is 0 Å². The van der Waals surface area contributed by atoms with Gasteiger partial charge in [-0.3, -0.25) is 4.79 Å². The molecule has 0 aliphatic heterocycles. The fourth-order valence-electron chi connectivity index (χ4n) is 1.53. The van der Waals surface area contributed by atoms with Crippen LogP contribution in [0.5, 0.6) is 0 Å². The van der Waals surface area contributed by atoms with Crippen molar-refractivity contribution in [3.05, 3.63) is 47.2 Å². The van der Waals surface area contributed by atoms with Crippen molar-refractivity contribution in [2.45, 2.75) is 19.8 Å². The number of benzene rings is 1. The third kappa shape index (κ3) is 4.87. The van der Waals surface area contributed by atoms with Gasteiger partial charge in [-0.15, -0.1) is 0 Å². The zero-order valence-corrected chi connectivity index (χ0v) is 10.4. The molecule has 0 saturated heterocycles. The van der Waals surface area contributed by atoms with Crippen molar-refractivity contribution >= 4 is 12.1 Å². The first-order valence-electron chi connectivity index (χ1n) is 5.60. The highest BCUT2D eigenvalue weighted by molar-refractivity contribution is 5.95. The van der Waals surface area contributed by atoms with Crippen LogP contribution < -0.4 is 5.43 Å². The van der Waals surface area contributed by atoms with Crippen molar-refractivity contribution in [1.29, 1.82) is 0 Å². The number of rotatable bonds is 6. The minimum atomic E-state index is -0.632. The van der Waals surface area contributed by atoms with Crippen LogP contribution in [0.3, 0.4) is 0 Å². The van der Waals surface area contributed by atoms with Crippen LogP contribution >= 0.6 is 0 Å². The lowest BCUT2D eigenvalue weighted by Gasteiger charge is -2.05. The molecule has 0 heterocycles. The van der Waals surface area contributed by atoms with Gasteiger partial charge in [0.1, 0.15) is 11.6 Å². The summed E-state index contributed by atoms with van der Waals surface area (Å²) in [4.78, 5) is 10.2. The zero-order valence-electron chi connectivity index (χ0n) is 10.4. The fourth-order valence-corrected chi connectivity index (χ4v) is 1.53. The van der Waals surface area contributed by atoms with Gasteiger partial charge in [0.05, 0.1) is 11.5 Å². The smallest absolute Gasteiger partial charge is 0.227 e. The van der Waals surface area contributed by atoms with Crippen molar-refractivity contribution in [3.63, 3.8) is 0 Å². The Balaban J connectivity index is 2.82. The standard InChI is InChI=1S/C13H14F2N2O2/c1-9(19)7-10(17-16-8-18)5-6-11-12(14)3-2-4-13(11)15/h2-4,7-8,19H,5-6H2,1H3,(H,16,18)/b9-7+,17-10-. The van der Waals surface area contributed by atoms with E-state index in [9.17, 15) is 13.6 Å². The highest BCUT2D eigenvalue weighted by Crippen LogP contribution is 2.14. The summed E-state index contributed by atoms with van der Waals surface area (Å²) >= 11 is 0. The van der Waals surface area contributed by atoms with Crippen molar-refractivity contribution in [2.75, 3.05) is 0 Å². The van der Waals surface area contributed by atoms with Gasteiger partial charge >= 0.3 is 0 Å². The molecule has 0 aliphatic carbocycles. The molecule has 0 unspecified atom stereocenters. The number of nitrogens with zero attached hydrogens (tertiary/aromatic N) is 1. The third-order valence-corrected chi connectivity index (χ3v) is 2.33. The van der Waals surface area contributed by atoms with Gasteiger partial charge in [0, 0.05) is 5.56 Å². The van der Waals surface area contributed by atoms with Gasteiger partial charge in [-0.2, -0.15) is 5.10 Å². The number of hydrogen-bond acceptors (Lipinski definition) is 3. The Bertz CT molecular complexity index is 489. The SMILES string of the molecule is C/C(O)=C\C(CCc1c(F)cccc1F)=N/NC=O. The quantitative estimate of drug-likeness (QED) is 0.360. The third-order valence-electron chi connectivity index (χ3n) is 2.33. The molecule has 1 rings (SSSR count). The van der Waals surface area contributed by atoms with E-state index in [0.717, 1.165) is 0 Å². The van der Waals surface area contributed by atoms with E-state index in [1.165, 1.54) is 31.2 Å². The molecule has 0 saturated carbocycles. The maximum atomic E-state index is 13.4. The number of carbonyl (C=O) groups excluding carboxylic acids is 1. The summed E-state index contributed by atoms with van der Waals surface area (Å²) in [5, 5.41) is 12.8. The van der Waals surface area contributed by atoms with Gasteiger partial charge in [-0.05, 0) is 38.0 Å². The minimum absolute atomic E-state index is 0.0135. The van der Waals surface area contributed by atoms with Gasteiger partial charge < -0.3 is 5.11 Å². The molecule has 6 heteroatoms. The second kappa shape index (κ2) is 7.25. The fraction of sp³-hybridized carbons (Fsp3) is 0.231. The monoisotopic (exact) mass is 268 g/mol. The Morgan fingerprint density at radius 3 is 2.58 bits per heavy atom. The number of aliphatic hydroxyl groups is 1. The highest BCUT2D eigenvalue weighted by Gasteiger charge is 2.09. The molecule has 1 amide bonds. The van der Waals surface area contributed by atoms with Crippen molar-refractivity contribution in [2.24, 2.45) is 5.10 Å². The van der Waals surface area contributed by atoms with Crippen LogP contribution in [0.2, 0.25) is 0 Å². The van der Waals surface area contributed by atoms with Gasteiger partial charge in [-0.25, -0.2) is 14.2 Å². The van der Waals surface area contributed by atoms with E-state index in [-0.39, 0.29) is 24.2 Å². The Kier molecular flexibility index (Phi) is 5.66. The lowest BCUT2D eigenvalue weighted by atomic mass is 10.1. The first-order chi connectivity index (χ1) is 9.04. The van der Waals surface area contributed by atoms with E-state index in [2.05, 4.69) is 10.5 Å². The molecule has 0 aliphatic rings. The number of halogens is 2. The summed E-state index contributed by atoms with van der Waals surface area (Å²) in [6.45, 7) is 1.43. The first kappa shape index (κ1) is 14.8. The summed E-state index contributed by atoms with van der Waals surface area (Å²) in [5.41, 5.74) is 2.35. The summed E-state index contributed by atoms with van der Waals surface area (Å²) in [6.07, 6.45) is 1.93. The molecule has 0 fully saturated rings. The molecule has 0 aromatic heterocycles. The molecule has 0 bridgehead atoms. The predicted octanol–water partition coefficient (Wildman–Crippen LogP) is 2.46. The second-order valence-corrected chi connectivity index (χ2v) is 3.84. The number of amides is 1. The summed E-state index contributed by atoms with van der Waals surface area (Å²) in [6, 6.07) is 3.63. The molecule has 2 N–H and O–H groups in total. The maximum absolute atomic E-state index is 13.4.